The Kier molecular flexibility index (Phi) is 7.25. The minimum Gasteiger partial charge on any atom is -0.494 e. The molecule has 154 valence electrons. The Morgan fingerprint density at radius 1 is 1.23 bits per heavy atom. The first-order valence-electron chi connectivity index (χ1n) is 8.78. The number of nitro groups is 1. The highest BCUT2D eigenvalue weighted by atomic mass is 16.6. The molecule has 1 amide bonds. The van der Waals surface area contributed by atoms with Crippen LogP contribution in [0.15, 0.2) is 48.0 Å². The zero-order valence-corrected chi connectivity index (χ0v) is 16.5. The van der Waals surface area contributed by atoms with E-state index in [2.05, 4.69) is 5.32 Å². The minimum absolute atomic E-state index is 0.0769. The van der Waals surface area contributed by atoms with Gasteiger partial charge in [0.15, 0.2) is 6.10 Å². The van der Waals surface area contributed by atoms with E-state index in [9.17, 15) is 25.0 Å². The first kappa shape index (κ1) is 22.1. The summed E-state index contributed by atoms with van der Waals surface area (Å²) in [6.45, 7) is 3.25. The Bertz CT molecular complexity index is 1040. The molecular weight excluding hydrogens is 390 g/mol. The van der Waals surface area contributed by atoms with Crippen molar-refractivity contribution in [3.8, 4) is 11.8 Å². The van der Waals surface area contributed by atoms with Gasteiger partial charge in [-0.05, 0) is 31.6 Å². The second-order valence-electron chi connectivity index (χ2n) is 6.26. The van der Waals surface area contributed by atoms with Crippen LogP contribution in [0.4, 0.5) is 11.4 Å². The van der Waals surface area contributed by atoms with Gasteiger partial charge in [0.05, 0.1) is 23.8 Å². The highest BCUT2D eigenvalue weighted by Crippen LogP contribution is 2.29. The van der Waals surface area contributed by atoms with Gasteiger partial charge in [-0.15, -0.1) is 0 Å². The molecule has 0 saturated heterocycles. The Hall–Kier alpha value is -4.19. The maximum Gasteiger partial charge on any atom is 0.349 e. The molecule has 0 aliphatic rings. The minimum atomic E-state index is -1.23. The molecule has 2 rings (SSSR count). The van der Waals surface area contributed by atoms with Crippen LogP contribution in [-0.4, -0.2) is 30.0 Å². The van der Waals surface area contributed by atoms with Gasteiger partial charge in [0.25, 0.3) is 11.6 Å². The van der Waals surface area contributed by atoms with Crippen LogP contribution in [0.3, 0.4) is 0 Å². The topological polar surface area (TPSA) is 132 Å². The Balaban J connectivity index is 2.09. The number of amides is 1. The molecule has 0 fully saturated rings. The molecular formula is C21H19N3O6. The molecule has 0 bridgehead atoms. The number of rotatable bonds is 7. The van der Waals surface area contributed by atoms with Crippen molar-refractivity contribution >= 4 is 29.3 Å². The zero-order chi connectivity index (χ0) is 22.3. The largest absolute Gasteiger partial charge is 0.494 e. The molecule has 2 aromatic rings. The van der Waals surface area contributed by atoms with E-state index in [0.29, 0.717) is 5.56 Å². The summed E-state index contributed by atoms with van der Waals surface area (Å²) in [5, 5.41) is 22.6. The third-order valence-corrected chi connectivity index (χ3v) is 4.04. The van der Waals surface area contributed by atoms with Crippen LogP contribution in [0, 0.1) is 28.4 Å². The van der Waals surface area contributed by atoms with Crippen LogP contribution < -0.4 is 10.1 Å². The Labute approximate surface area is 172 Å². The number of nitro benzene ring substituents is 1. The fraction of sp³-hybridized carbons (Fsp3) is 0.190. The number of non-ortho nitro benzene ring substituents is 1. The monoisotopic (exact) mass is 409 g/mol. The molecule has 0 spiro atoms. The Morgan fingerprint density at radius 2 is 1.90 bits per heavy atom. The van der Waals surface area contributed by atoms with Crippen LogP contribution in [0.1, 0.15) is 18.1 Å². The maximum atomic E-state index is 12.4. The van der Waals surface area contributed by atoms with Crippen LogP contribution in [0.25, 0.3) is 6.08 Å². The number of hydrogen-bond donors (Lipinski definition) is 1. The molecule has 1 N–H and O–H groups in total. The molecule has 0 aromatic heterocycles. The summed E-state index contributed by atoms with van der Waals surface area (Å²) >= 11 is 0. The average Bonchev–Trinajstić information content (AvgIpc) is 2.73. The van der Waals surface area contributed by atoms with E-state index in [-0.39, 0.29) is 22.7 Å². The van der Waals surface area contributed by atoms with E-state index < -0.39 is 22.9 Å². The molecule has 0 radical (unpaired) electrons. The first-order chi connectivity index (χ1) is 14.2. The molecule has 9 heteroatoms. The SMILES string of the molecule is COc1cc([N+](=O)[O-])ccc1NC(=O)[C@H](C)OC(=O)/C(C#N)=C/c1ccc(C)cc1. The lowest BCUT2D eigenvalue weighted by Crippen LogP contribution is -2.30. The second kappa shape index (κ2) is 9.84. The number of anilines is 1. The summed E-state index contributed by atoms with van der Waals surface area (Å²) in [6.07, 6.45) is 0.137. The molecule has 1 atom stereocenters. The van der Waals surface area contributed by atoms with E-state index in [1.54, 1.807) is 18.2 Å². The first-order valence-corrected chi connectivity index (χ1v) is 8.78. The van der Waals surface area contributed by atoms with Crippen LogP contribution in [-0.2, 0) is 14.3 Å². The summed E-state index contributed by atoms with van der Waals surface area (Å²) in [4.78, 5) is 34.9. The molecule has 30 heavy (non-hydrogen) atoms. The van der Waals surface area contributed by atoms with Gasteiger partial charge in [-0.1, -0.05) is 29.8 Å². The quantitative estimate of drug-likeness (QED) is 0.244. The summed E-state index contributed by atoms with van der Waals surface area (Å²) in [6, 6.07) is 12.6. The van der Waals surface area contributed by atoms with E-state index >= 15 is 0 Å². The lowest BCUT2D eigenvalue weighted by atomic mass is 10.1. The van der Waals surface area contributed by atoms with Crippen LogP contribution in [0.2, 0.25) is 0 Å². The second-order valence-corrected chi connectivity index (χ2v) is 6.26. The number of benzene rings is 2. The smallest absolute Gasteiger partial charge is 0.349 e. The number of carbonyl (C=O) groups excluding carboxylic acids is 2. The van der Waals surface area contributed by atoms with Gasteiger partial charge < -0.3 is 14.8 Å². The number of methoxy groups -OCH3 is 1. The number of ether oxygens (including phenoxy) is 2. The molecule has 0 saturated carbocycles. The summed E-state index contributed by atoms with van der Waals surface area (Å²) < 4.78 is 10.1. The fourth-order valence-corrected chi connectivity index (χ4v) is 2.37. The molecule has 0 aliphatic heterocycles. The number of carbonyl (C=O) groups is 2. The van der Waals surface area contributed by atoms with Crippen molar-refractivity contribution in [1.29, 1.82) is 5.26 Å². The van der Waals surface area contributed by atoms with Crippen molar-refractivity contribution in [1.82, 2.24) is 0 Å². The predicted molar refractivity (Wildman–Crippen MR) is 109 cm³/mol. The predicted octanol–water partition coefficient (Wildman–Crippen LogP) is 3.39. The van der Waals surface area contributed by atoms with E-state index in [4.69, 9.17) is 9.47 Å². The van der Waals surface area contributed by atoms with Gasteiger partial charge in [0.2, 0.25) is 0 Å². The lowest BCUT2D eigenvalue weighted by Gasteiger charge is -2.15. The molecule has 0 aliphatic carbocycles. The van der Waals surface area contributed by atoms with E-state index in [0.717, 1.165) is 11.6 Å². The zero-order valence-electron chi connectivity index (χ0n) is 16.5. The van der Waals surface area contributed by atoms with Gasteiger partial charge in [-0.2, -0.15) is 5.26 Å². The van der Waals surface area contributed by atoms with Crippen molar-refractivity contribution in [3.05, 3.63) is 69.3 Å². The number of esters is 1. The molecule has 0 unspecified atom stereocenters. The van der Waals surface area contributed by atoms with Crippen molar-refractivity contribution < 1.29 is 24.0 Å². The summed E-state index contributed by atoms with van der Waals surface area (Å²) in [5.74, 6) is -1.56. The summed E-state index contributed by atoms with van der Waals surface area (Å²) in [7, 11) is 1.30. The highest BCUT2D eigenvalue weighted by molar-refractivity contribution is 6.01. The Morgan fingerprint density at radius 3 is 2.47 bits per heavy atom. The van der Waals surface area contributed by atoms with Crippen LogP contribution >= 0.6 is 0 Å². The van der Waals surface area contributed by atoms with Gasteiger partial charge in [-0.25, -0.2) is 4.79 Å². The highest BCUT2D eigenvalue weighted by Gasteiger charge is 2.22. The van der Waals surface area contributed by atoms with Gasteiger partial charge in [-0.3, -0.25) is 14.9 Å². The van der Waals surface area contributed by atoms with Gasteiger partial charge >= 0.3 is 5.97 Å². The number of hydrogen-bond acceptors (Lipinski definition) is 7. The standard InChI is InChI=1S/C21H19N3O6/c1-13-4-6-15(7-5-13)10-16(12-22)21(26)30-14(2)20(25)23-18-9-8-17(24(27)28)11-19(18)29-3/h4-11,14H,1-3H3,(H,23,25)/b16-10+/t14-/m0/s1. The third kappa shape index (κ3) is 5.65. The van der Waals surface area contributed by atoms with Crippen LogP contribution in [0.5, 0.6) is 5.75 Å². The number of nitrogens with zero attached hydrogens (tertiary/aromatic N) is 2. The lowest BCUT2D eigenvalue weighted by molar-refractivity contribution is -0.384. The molecule has 9 nitrogen and oxygen atoms in total. The number of nitriles is 1. The third-order valence-electron chi connectivity index (χ3n) is 4.04. The van der Waals surface area contributed by atoms with E-state index in [1.165, 1.54) is 32.2 Å². The summed E-state index contributed by atoms with van der Waals surface area (Å²) in [5.41, 5.74) is 1.38. The number of nitrogens with one attached hydrogen (secondary N) is 1. The maximum absolute atomic E-state index is 12.4. The van der Waals surface area contributed by atoms with Gasteiger partial charge in [0.1, 0.15) is 17.4 Å². The fourth-order valence-electron chi connectivity index (χ4n) is 2.37. The normalized spacial score (nSPS) is 11.7. The number of aryl methyl sites for hydroxylation is 1. The molecule has 2 aromatic carbocycles. The van der Waals surface area contributed by atoms with Crippen molar-refractivity contribution in [3.63, 3.8) is 0 Å². The van der Waals surface area contributed by atoms with Crippen molar-refractivity contribution in [2.75, 3.05) is 12.4 Å². The van der Waals surface area contributed by atoms with Gasteiger partial charge in [0, 0.05) is 6.07 Å². The van der Waals surface area contributed by atoms with Crippen molar-refractivity contribution in [2.45, 2.75) is 20.0 Å². The molecule has 0 heterocycles. The van der Waals surface area contributed by atoms with Crippen molar-refractivity contribution in [2.24, 2.45) is 0 Å². The average molecular weight is 409 g/mol. The van der Waals surface area contributed by atoms with E-state index in [1.807, 2.05) is 19.1 Å².